The van der Waals surface area contributed by atoms with Crippen LogP contribution < -0.4 is 16.4 Å². The minimum Gasteiger partial charge on any atom is -0.403 e. The van der Waals surface area contributed by atoms with Crippen LogP contribution in [0.25, 0.3) is 0 Å². The zero-order valence-corrected chi connectivity index (χ0v) is 16.7. The van der Waals surface area contributed by atoms with Crippen molar-refractivity contribution in [1.82, 2.24) is 9.97 Å². The van der Waals surface area contributed by atoms with Crippen molar-refractivity contribution in [3.63, 3.8) is 0 Å². The van der Waals surface area contributed by atoms with Crippen molar-refractivity contribution < 1.29 is 13.5 Å². The Hall–Kier alpha value is -2.69. The van der Waals surface area contributed by atoms with Gasteiger partial charge in [0, 0.05) is 25.2 Å². The monoisotopic (exact) mass is 424 g/mol. The maximum Gasteiger partial charge on any atom is 0.229 e. The molecule has 2 aromatic rings. The Labute approximate surface area is 168 Å². The van der Waals surface area contributed by atoms with E-state index in [9.17, 15) is 8.42 Å². The molecule has 2 rings (SSSR count). The van der Waals surface area contributed by atoms with Crippen LogP contribution in [0, 0.1) is 0 Å². The van der Waals surface area contributed by atoms with Gasteiger partial charge in [0.15, 0.2) is 15.7 Å². The minimum atomic E-state index is -3.28. The van der Waals surface area contributed by atoms with Gasteiger partial charge in [-0.15, -0.1) is 0 Å². The lowest BCUT2D eigenvalue weighted by Crippen LogP contribution is -2.10. The number of hydrogen-bond donors (Lipinski definition) is 4. The first kappa shape index (κ1) is 21.6. The van der Waals surface area contributed by atoms with Gasteiger partial charge >= 0.3 is 0 Å². The maximum absolute atomic E-state index is 11.7. The summed E-state index contributed by atoms with van der Waals surface area (Å²) in [5, 5.41) is 15.0. The Bertz CT molecular complexity index is 979. The van der Waals surface area contributed by atoms with Gasteiger partial charge in [-0.1, -0.05) is 23.7 Å². The molecule has 150 valence electrons. The van der Waals surface area contributed by atoms with Crippen molar-refractivity contribution in [3.8, 4) is 0 Å². The molecular weight excluding hydrogens is 404 g/mol. The summed E-state index contributed by atoms with van der Waals surface area (Å²) in [6, 6.07) is 6.59. The van der Waals surface area contributed by atoms with Crippen molar-refractivity contribution in [3.05, 3.63) is 52.9 Å². The molecule has 9 nitrogen and oxygen atoms in total. The first-order chi connectivity index (χ1) is 13.3. The predicted octanol–water partition coefficient (Wildman–Crippen LogP) is 1.42. The number of aromatic nitrogens is 2. The van der Waals surface area contributed by atoms with Gasteiger partial charge in [-0.25, -0.2) is 13.4 Å². The second-order valence-corrected chi connectivity index (χ2v) is 8.09. The molecule has 5 N–H and O–H groups in total. The lowest BCUT2D eigenvalue weighted by atomic mass is 10.2. The molecule has 0 bridgehead atoms. The van der Waals surface area contributed by atoms with Gasteiger partial charge in [0.2, 0.25) is 5.95 Å². The largest absolute Gasteiger partial charge is 0.403 e. The Kier molecular flexibility index (Phi) is 7.73. The van der Waals surface area contributed by atoms with E-state index in [0.717, 1.165) is 11.8 Å². The van der Waals surface area contributed by atoms with E-state index < -0.39 is 9.84 Å². The third kappa shape index (κ3) is 6.48. The van der Waals surface area contributed by atoms with E-state index in [4.69, 9.17) is 22.4 Å². The Balaban J connectivity index is 2.11. The zero-order chi connectivity index (χ0) is 20.6. The molecule has 1 heterocycles. The van der Waals surface area contributed by atoms with E-state index in [2.05, 4.69) is 25.6 Å². The minimum absolute atomic E-state index is 0.0691. The topological polar surface area (TPSA) is 143 Å². The molecule has 1 aromatic carbocycles. The smallest absolute Gasteiger partial charge is 0.229 e. The maximum atomic E-state index is 11.7. The number of rotatable bonds is 9. The fourth-order valence-corrected chi connectivity index (χ4v) is 2.94. The third-order valence-corrected chi connectivity index (χ3v) is 4.81. The lowest BCUT2D eigenvalue weighted by molar-refractivity contribution is 0.307. The molecule has 0 aliphatic carbocycles. The van der Waals surface area contributed by atoms with Crippen LogP contribution in [0.4, 0.5) is 11.8 Å². The van der Waals surface area contributed by atoms with Crippen LogP contribution in [0.3, 0.4) is 0 Å². The Morgan fingerprint density at radius 3 is 2.89 bits per heavy atom. The molecule has 0 amide bonds. The standard InChI is InChI=1S/C17H21ClN6O3S/c1-28(26,27)14-4-2-3-12(7-14)9-21-16-15(18)11-22-17(24-16)23-13(8-19)10-20-5-6-25/h2-4,7-8,10-11,25H,5-6,9,19H2,1H3,(H2,21,22,23,24). The lowest BCUT2D eigenvalue weighted by Gasteiger charge is -2.11. The SMILES string of the molecule is CS(=O)(=O)c1cccc(CNc2nc(NC(C=NCCO)=CN)ncc2Cl)c1. The van der Waals surface area contributed by atoms with Gasteiger partial charge in [0.25, 0.3) is 0 Å². The molecule has 0 atom stereocenters. The van der Waals surface area contributed by atoms with E-state index in [1.54, 1.807) is 18.2 Å². The van der Waals surface area contributed by atoms with Crippen molar-refractivity contribution >= 4 is 39.4 Å². The summed E-state index contributed by atoms with van der Waals surface area (Å²) in [6.07, 6.45) is 5.33. The molecule has 1 aromatic heterocycles. The fraction of sp³-hybridized carbons (Fsp3) is 0.235. The molecule has 0 saturated carbocycles. The highest BCUT2D eigenvalue weighted by atomic mass is 35.5. The van der Waals surface area contributed by atoms with Gasteiger partial charge in [-0.3, -0.25) is 4.99 Å². The average Bonchev–Trinajstić information content (AvgIpc) is 2.67. The van der Waals surface area contributed by atoms with Gasteiger partial charge in [0.1, 0.15) is 5.02 Å². The van der Waals surface area contributed by atoms with E-state index in [0.29, 0.717) is 23.1 Å². The molecule has 0 saturated heterocycles. The Morgan fingerprint density at radius 1 is 1.43 bits per heavy atom. The number of nitrogens with one attached hydrogen (secondary N) is 2. The number of halogens is 1. The molecular formula is C17H21ClN6O3S. The number of nitrogens with zero attached hydrogens (tertiary/aromatic N) is 3. The summed E-state index contributed by atoms with van der Waals surface area (Å²) in [6.45, 7) is 0.497. The van der Waals surface area contributed by atoms with Gasteiger partial charge < -0.3 is 21.5 Å². The van der Waals surface area contributed by atoms with E-state index in [1.165, 1.54) is 24.7 Å². The van der Waals surface area contributed by atoms with E-state index in [-0.39, 0.29) is 24.0 Å². The number of aliphatic hydroxyl groups excluding tert-OH is 1. The first-order valence-corrected chi connectivity index (χ1v) is 10.5. The molecule has 0 spiro atoms. The number of allylic oxidation sites excluding steroid dienone is 1. The number of aliphatic hydroxyl groups is 1. The zero-order valence-electron chi connectivity index (χ0n) is 15.1. The predicted molar refractivity (Wildman–Crippen MR) is 110 cm³/mol. The normalized spacial score (nSPS) is 12.3. The van der Waals surface area contributed by atoms with Crippen LogP contribution >= 0.6 is 11.6 Å². The van der Waals surface area contributed by atoms with Crippen LogP contribution in [0.15, 0.2) is 52.2 Å². The molecule has 0 aliphatic rings. The molecule has 0 radical (unpaired) electrons. The fourth-order valence-electron chi connectivity index (χ4n) is 2.09. The van der Waals surface area contributed by atoms with Crippen LogP contribution in [-0.4, -0.2) is 49.1 Å². The molecule has 28 heavy (non-hydrogen) atoms. The van der Waals surface area contributed by atoms with Gasteiger partial charge in [-0.2, -0.15) is 4.98 Å². The number of aliphatic imine (C=N–C) groups is 1. The number of nitrogens with two attached hydrogens (primary N) is 1. The van der Waals surface area contributed by atoms with E-state index >= 15 is 0 Å². The number of anilines is 2. The van der Waals surface area contributed by atoms with Crippen molar-refractivity contribution in [1.29, 1.82) is 0 Å². The van der Waals surface area contributed by atoms with Crippen LogP contribution in [-0.2, 0) is 16.4 Å². The average molecular weight is 425 g/mol. The molecule has 0 unspecified atom stereocenters. The van der Waals surface area contributed by atoms with Crippen LogP contribution in [0.1, 0.15) is 5.56 Å². The molecule has 11 heteroatoms. The van der Waals surface area contributed by atoms with Crippen molar-refractivity contribution in [2.75, 3.05) is 30.0 Å². The summed E-state index contributed by atoms with van der Waals surface area (Å²) >= 11 is 6.13. The van der Waals surface area contributed by atoms with Crippen molar-refractivity contribution in [2.24, 2.45) is 10.7 Å². The number of sulfone groups is 1. The highest BCUT2D eigenvalue weighted by Gasteiger charge is 2.09. The third-order valence-electron chi connectivity index (χ3n) is 3.43. The summed E-state index contributed by atoms with van der Waals surface area (Å²) in [5.41, 5.74) is 6.73. The number of hydrogen-bond acceptors (Lipinski definition) is 9. The Morgan fingerprint density at radius 2 is 2.21 bits per heavy atom. The first-order valence-electron chi connectivity index (χ1n) is 8.18. The quantitative estimate of drug-likeness (QED) is 0.442. The van der Waals surface area contributed by atoms with Crippen LogP contribution in [0.5, 0.6) is 0 Å². The second kappa shape index (κ2) is 10.0. The van der Waals surface area contributed by atoms with Gasteiger partial charge in [-0.05, 0) is 17.7 Å². The summed E-state index contributed by atoms with van der Waals surface area (Å²) in [5.74, 6) is 0.608. The molecule has 0 aliphatic heterocycles. The van der Waals surface area contributed by atoms with Crippen molar-refractivity contribution in [2.45, 2.75) is 11.4 Å². The summed E-state index contributed by atoms with van der Waals surface area (Å²) < 4.78 is 23.3. The van der Waals surface area contributed by atoms with Gasteiger partial charge in [0.05, 0.1) is 29.9 Å². The molecule has 0 fully saturated rings. The highest BCUT2D eigenvalue weighted by molar-refractivity contribution is 7.90. The number of benzene rings is 1. The van der Waals surface area contributed by atoms with E-state index in [1.807, 2.05) is 0 Å². The van der Waals surface area contributed by atoms with Crippen LogP contribution in [0.2, 0.25) is 5.02 Å². The second-order valence-electron chi connectivity index (χ2n) is 5.67. The summed E-state index contributed by atoms with van der Waals surface area (Å²) in [4.78, 5) is 12.6. The highest BCUT2D eigenvalue weighted by Crippen LogP contribution is 2.21. The summed E-state index contributed by atoms with van der Waals surface area (Å²) in [7, 11) is -3.28.